The van der Waals surface area contributed by atoms with Crippen LogP contribution in [0.2, 0.25) is 0 Å². The van der Waals surface area contributed by atoms with Gasteiger partial charge in [0.1, 0.15) is 11.9 Å². The van der Waals surface area contributed by atoms with E-state index in [1.165, 1.54) is 29.2 Å². The molecule has 2 aromatic rings. The number of morpholine rings is 1. The molecule has 0 aliphatic carbocycles. The minimum Gasteiger partial charge on any atom is -0.504 e. The molecular weight excluding hydrogens is 407 g/mol. The lowest BCUT2D eigenvalue weighted by Crippen LogP contribution is -2.36. The second-order valence-corrected chi connectivity index (χ2v) is 7.52. The van der Waals surface area contributed by atoms with E-state index in [-0.39, 0.29) is 42.2 Å². The number of ether oxygens (including phenoxy) is 2. The topological polar surface area (TPSA) is 99.5 Å². The van der Waals surface area contributed by atoms with Crippen LogP contribution in [0.3, 0.4) is 0 Å². The average molecular weight is 430 g/mol. The van der Waals surface area contributed by atoms with Gasteiger partial charge in [-0.25, -0.2) is 9.18 Å². The number of carbonyl (C=O) groups is 2. The average Bonchev–Trinajstić information content (AvgIpc) is 3.15. The SMILES string of the molecule is O=C(CC[C@H]1CN(c2ccc(N3CCOCC3)c(F)c2)C(=O)O1)c1ccc(O)c(O)c1. The molecule has 0 radical (unpaired) electrons. The number of phenolic OH excluding ortho intramolecular Hbond substituents is 2. The molecule has 0 aromatic heterocycles. The molecule has 1 atom stereocenters. The zero-order valence-corrected chi connectivity index (χ0v) is 16.8. The number of benzene rings is 2. The summed E-state index contributed by atoms with van der Waals surface area (Å²) in [4.78, 5) is 27.9. The lowest BCUT2D eigenvalue weighted by molar-refractivity contribution is 0.0939. The molecule has 0 spiro atoms. The van der Waals surface area contributed by atoms with Crippen molar-refractivity contribution in [1.82, 2.24) is 0 Å². The van der Waals surface area contributed by atoms with Crippen LogP contribution in [0.4, 0.5) is 20.6 Å². The summed E-state index contributed by atoms with van der Waals surface area (Å²) in [6.45, 7) is 2.52. The minimum absolute atomic E-state index is 0.0976. The quantitative estimate of drug-likeness (QED) is 0.537. The highest BCUT2D eigenvalue weighted by Crippen LogP contribution is 2.30. The molecule has 9 heteroatoms. The maximum Gasteiger partial charge on any atom is 0.414 e. The van der Waals surface area contributed by atoms with Crippen LogP contribution in [-0.4, -0.2) is 61.0 Å². The third-order valence-corrected chi connectivity index (χ3v) is 5.46. The Bertz CT molecular complexity index is 992. The van der Waals surface area contributed by atoms with Gasteiger partial charge in [0.25, 0.3) is 0 Å². The van der Waals surface area contributed by atoms with Crippen molar-refractivity contribution >= 4 is 23.3 Å². The van der Waals surface area contributed by atoms with Crippen LogP contribution in [0, 0.1) is 5.82 Å². The molecule has 0 bridgehead atoms. The molecule has 0 saturated carbocycles. The molecular formula is C22H23FN2O6. The zero-order valence-electron chi connectivity index (χ0n) is 16.8. The summed E-state index contributed by atoms with van der Waals surface area (Å²) in [7, 11) is 0. The second kappa shape index (κ2) is 8.81. The Kier molecular flexibility index (Phi) is 5.94. The number of nitrogens with zero attached hydrogens (tertiary/aromatic N) is 2. The molecule has 4 rings (SSSR count). The smallest absolute Gasteiger partial charge is 0.414 e. The van der Waals surface area contributed by atoms with Crippen molar-refractivity contribution in [1.29, 1.82) is 0 Å². The van der Waals surface area contributed by atoms with Gasteiger partial charge in [0.2, 0.25) is 0 Å². The number of anilines is 2. The molecule has 2 N–H and O–H groups in total. The summed E-state index contributed by atoms with van der Waals surface area (Å²) in [6, 6.07) is 8.51. The van der Waals surface area contributed by atoms with E-state index in [0.29, 0.717) is 37.7 Å². The molecule has 2 fully saturated rings. The lowest BCUT2D eigenvalue weighted by atomic mass is 10.0. The lowest BCUT2D eigenvalue weighted by Gasteiger charge is -2.29. The molecule has 2 saturated heterocycles. The first-order chi connectivity index (χ1) is 14.9. The maximum atomic E-state index is 14.7. The van der Waals surface area contributed by atoms with Crippen molar-refractivity contribution in [2.75, 3.05) is 42.6 Å². The Morgan fingerprint density at radius 2 is 1.87 bits per heavy atom. The van der Waals surface area contributed by atoms with Crippen molar-refractivity contribution in [2.24, 2.45) is 0 Å². The van der Waals surface area contributed by atoms with E-state index >= 15 is 0 Å². The highest BCUT2D eigenvalue weighted by Gasteiger charge is 2.33. The molecule has 2 aliphatic heterocycles. The normalized spacial score (nSPS) is 18.9. The predicted octanol–water partition coefficient (Wildman–Crippen LogP) is 3.06. The summed E-state index contributed by atoms with van der Waals surface area (Å²) in [5, 5.41) is 18.9. The number of ketones is 1. The predicted molar refractivity (Wildman–Crippen MR) is 110 cm³/mol. The number of hydrogen-bond acceptors (Lipinski definition) is 7. The Hall–Kier alpha value is -3.33. The van der Waals surface area contributed by atoms with Crippen LogP contribution in [0.1, 0.15) is 23.2 Å². The fraction of sp³-hybridized carbons (Fsp3) is 0.364. The molecule has 1 amide bonds. The monoisotopic (exact) mass is 430 g/mol. The van der Waals surface area contributed by atoms with Gasteiger partial charge in [-0.2, -0.15) is 0 Å². The number of aromatic hydroxyl groups is 2. The number of Topliss-reactive ketones (excluding diaryl/α,β-unsaturated/α-hetero) is 1. The van der Waals surface area contributed by atoms with Gasteiger partial charge in [0.05, 0.1) is 31.1 Å². The van der Waals surface area contributed by atoms with Crippen LogP contribution >= 0.6 is 0 Å². The Balaban J connectivity index is 1.37. The first-order valence-electron chi connectivity index (χ1n) is 10.1. The third kappa shape index (κ3) is 4.56. The standard InChI is InChI=1S/C22H23FN2O6/c23-17-12-15(2-4-18(17)24-7-9-30-10-8-24)25-13-16(31-22(25)29)3-6-19(26)14-1-5-20(27)21(28)11-14/h1-2,4-5,11-12,16,27-28H,3,6-10,13H2/t16-/m0/s1. The number of halogens is 1. The summed E-state index contributed by atoms with van der Waals surface area (Å²) in [6.07, 6.45) is -0.709. The minimum atomic E-state index is -0.585. The number of cyclic esters (lactones) is 1. The number of amides is 1. The zero-order chi connectivity index (χ0) is 22.0. The van der Waals surface area contributed by atoms with Gasteiger partial charge >= 0.3 is 6.09 Å². The van der Waals surface area contributed by atoms with E-state index in [9.17, 15) is 24.2 Å². The molecule has 2 heterocycles. The van der Waals surface area contributed by atoms with Crippen molar-refractivity contribution in [3.8, 4) is 11.5 Å². The molecule has 2 aliphatic rings. The first-order valence-corrected chi connectivity index (χ1v) is 10.1. The van der Waals surface area contributed by atoms with Crippen molar-refractivity contribution in [2.45, 2.75) is 18.9 Å². The molecule has 31 heavy (non-hydrogen) atoms. The van der Waals surface area contributed by atoms with Crippen LogP contribution in [0.15, 0.2) is 36.4 Å². The van der Waals surface area contributed by atoms with Gasteiger partial charge in [-0.15, -0.1) is 0 Å². The second-order valence-electron chi connectivity index (χ2n) is 7.52. The van der Waals surface area contributed by atoms with Crippen LogP contribution < -0.4 is 9.80 Å². The summed E-state index contributed by atoms with van der Waals surface area (Å²) >= 11 is 0. The highest BCUT2D eigenvalue weighted by atomic mass is 19.1. The fourth-order valence-corrected chi connectivity index (χ4v) is 3.74. The van der Waals surface area contributed by atoms with E-state index in [2.05, 4.69) is 0 Å². The van der Waals surface area contributed by atoms with Crippen LogP contribution in [0.25, 0.3) is 0 Å². The number of phenols is 2. The van der Waals surface area contributed by atoms with Crippen molar-refractivity contribution in [3.63, 3.8) is 0 Å². The molecule has 164 valence electrons. The summed E-state index contributed by atoms with van der Waals surface area (Å²) in [5.74, 6) is -1.33. The van der Waals surface area contributed by atoms with Gasteiger partial charge < -0.3 is 24.6 Å². The van der Waals surface area contributed by atoms with Crippen LogP contribution in [-0.2, 0) is 9.47 Å². The van der Waals surface area contributed by atoms with E-state index in [4.69, 9.17) is 9.47 Å². The van der Waals surface area contributed by atoms with E-state index in [1.807, 2.05) is 4.90 Å². The van der Waals surface area contributed by atoms with Crippen molar-refractivity contribution in [3.05, 3.63) is 47.8 Å². The Morgan fingerprint density at radius 1 is 1.10 bits per heavy atom. The Morgan fingerprint density at radius 3 is 2.58 bits per heavy atom. The Labute approximate surface area is 178 Å². The van der Waals surface area contributed by atoms with Crippen molar-refractivity contribution < 1.29 is 33.7 Å². The number of hydrogen-bond donors (Lipinski definition) is 2. The summed E-state index contributed by atoms with van der Waals surface area (Å²) < 4.78 is 25.3. The van der Waals surface area contributed by atoms with E-state index in [0.717, 1.165) is 0 Å². The van der Waals surface area contributed by atoms with Gasteiger partial charge in [0, 0.05) is 25.1 Å². The van der Waals surface area contributed by atoms with Gasteiger partial charge in [-0.3, -0.25) is 9.69 Å². The molecule has 8 nitrogen and oxygen atoms in total. The summed E-state index contributed by atoms with van der Waals surface area (Å²) in [5.41, 5.74) is 1.13. The third-order valence-electron chi connectivity index (χ3n) is 5.46. The number of rotatable bonds is 6. The highest BCUT2D eigenvalue weighted by molar-refractivity contribution is 5.96. The van der Waals surface area contributed by atoms with Gasteiger partial charge in [-0.1, -0.05) is 0 Å². The largest absolute Gasteiger partial charge is 0.504 e. The first kappa shape index (κ1) is 20.9. The molecule has 2 aromatic carbocycles. The van der Waals surface area contributed by atoms with Gasteiger partial charge in [0.15, 0.2) is 17.3 Å². The van der Waals surface area contributed by atoms with E-state index < -0.39 is 18.0 Å². The fourth-order valence-electron chi connectivity index (χ4n) is 3.74. The number of carbonyl (C=O) groups excluding carboxylic acids is 2. The van der Waals surface area contributed by atoms with Crippen LogP contribution in [0.5, 0.6) is 11.5 Å². The van der Waals surface area contributed by atoms with Gasteiger partial charge in [-0.05, 0) is 42.8 Å². The maximum absolute atomic E-state index is 14.7. The molecule has 0 unspecified atom stereocenters. The van der Waals surface area contributed by atoms with E-state index in [1.54, 1.807) is 12.1 Å².